The van der Waals surface area contributed by atoms with Gasteiger partial charge in [0.25, 0.3) is 5.79 Å². The number of rotatable bonds is 5. The van der Waals surface area contributed by atoms with Gasteiger partial charge < -0.3 is 24.1 Å². The Kier molecular flexibility index (Phi) is 4.77. The normalized spacial score (nSPS) is 16.0. The van der Waals surface area contributed by atoms with Gasteiger partial charge in [0, 0.05) is 13.8 Å². The van der Waals surface area contributed by atoms with E-state index in [1.165, 1.54) is 45.2 Å². The predicted molar refractivity (Wildman–Crippen MR) is 80.4 cm³/mol. The molecule has 1 N–H and O–H groups in total. The third-order valence-corrected chi connectivity index (χ3v) is 2.97. The number of esters is 2. The van der Waals surface area contributed by atoms with Crippen LogP contribution in [0.3, 0.4) is 0 Å². The minimum absolute atomic E-state index is 0.219. The highest BCUT2D eigenvalue weighted by atomic mass is 16.7. The van der Waals surface area contributed by atoms with E-state index in [2.05, 4.69) is 0 Å². The van der Waals surface area contributed by atoms with Gasteiger partial charge in [-0.3, -0.25) is 0 Å². The maximum atomic E-state index is 11.9. The molecule has 1 aromatic carbocycles. The fraction of sp³-hybridized carbons (Fsp3) is 0.312. The number of ether oxygens (including phenoxy) is 4. The lowest BCUT2D eigenvalue weighted by Gasteiger charge is -2.29. The van der Waals surface area contributed by atoms with Crippen molar-refractivity contribution in [2.24, 2.45) is 0 Å². The van der Waals surface area contributed by atoms with E-state index < -0.39 is 30.3 Å². The van der Waals surface area contributed by atoms with Gasteiger partial charge in [0.05, 0.1) is 7.11 Å². The molecule has 1 heterocycles. The second kappa shape index (κ2) is 6.61. The van der Waals surface area contributed by atoms with Gasteiger partial charge in [0.2, 0.25) is 0 Å². The summed E-state index contributed by atoms with van der Waals surface area (Å²) in [4.78, 5) is 34.4. The molecule has 8 nitrogen and oxygen atoms in total. The monoisotopic (exact) mass is 336 g/mol. The summed E-state index contributed by atoms with van der Waals surface area (Å²) in [5.74, 6) is -3.54. The van der Waals surface area contributed by atoms with Crippen LogP contribution in [0.1, 0.15) is 19.4 Å². The summed E-state index contributed by atoms with van der Waals surface area (Å²) >= 11 is 0. The van der Waals surface area contributed by atoms with Crippen molar-refractivity contribution in [3.05, 3.63) is 29.3 Å². The molecule has 128 valence electrons. The molecule has 1 fully saturated rings. The fourth-order valence-corrected chi connectivity index (χ4v) is 1.98. The maximum Gasteiger partial charge on any atom is 0.348 e. The number of carboxylic acids is 1. The summed E-state index contributed by atoms with van der Waals surface area (Å²) < 4.78 is 20.2. The maximum absolute atomic E-state index is 11.9. The first-order valence-electron chi connectivity index (χ1n) is 6.93. The molecule has 8 heteroatoms. The average Bonchev–Trinajstić information content (AvgIpc) is 2.48. The van der Waals surface area contributed by atoms with E-state index in [1.54, 1.807) is 0 Å². The van der Waals surface area contributed by atoms with Gasteiger partial charge in [0.15, 0.2) is 18.1 Å². The Hall–Kier alpha value is -3.03. The topological polar surface area (TPSA) is 108 Å². The number of hydrogen-bond donors (Lipinski definition) is 1. The van der Waals surface area contributed by atoms with Crippen LogP contribution < -0.4 is 9.47 Å². The number of carboxylic acid groups (broad SMARTS) is 1. The van der Waals surface area contributed by atoms with E-state index >= 15 is 0 Å². The van der Waals surface area contributed by atoms with Crippen LogP contribution in [0.2, 0.25) is 0 Å². The van der Waals surface area contributed by atoms with Crippen LogP contribution >= 0.6 is 0 Å². The van der Waals surface area contributed by atoms with Crippen LogP contribution in [-0.2, 0) is 23.9 Å². The highest BCUT2D eigenvalue weighted by Crippen LogP contribution is 2.30. The SMILES string of the molecule is COc1cc(C=C2C(=O)OC(C)(C)OC2=O)ccc1OCC(=O)O. The second-order valence-corrected chi connectivity index (χ2v) is 5.33. The van der Waals surface area contributed by atoms with Crippen molar-refractivity contribution in [1.29, 1.82) is 0 Å². The van der Waals surface area contributed by atoms with Crippen LogP contribution in [0.15, 0.2) is 23.8 Å². The second-order valence-electron chi connectivity index (χ2n) is 5.33. The molecule has 0 radical (unpaired) electrons. The first-order chi connectivity index (χ1) is 11.2. The van der Waals surface area contributed by atoms with Crippen molar-refractivity contribution >= 4 is 24.0 Å². The molecule has 0 aromatic heterocycles. The zero-order valence-corrected chi connectivity index (χ0v) is 13.3. The number of carbonyl (C=O) groups excluding carboxylic acids is 2. The number of benzene rings is 1. The lowest BCUT2D eigenvalue weighted by molar-refractivity contribution is -0.222. The summed E-state index contributed by atoms with van der Waals surface area (Å²) in [6, 6.07) is 4.50. The van der Waals surface area contributed by atoms with Crippen LogP contribution in [0.5, 0.6) is 11.5 Å². The zero-order chi connectivity index (χ0) is 17.9. The fourth-order valence-electron chi connectivity index (χ4n) is 1.98. The zero-order valence-electron chi connectivity index (χ0n) is 13.3. The first-order valence-corrected chi connectivity index (χ1v) is 6.93. The highest BCUT2D eigenvalue weighted by molar-refractivity contribution is 6.18. The Morgan fingerprint density at radius 2 is 1.83 bits per heavy atom. The van der Waals surface area contributed by atoms with Gasteiger partial charge in [-0.05, 0) is 23.8 Å². The standard InChI is InChI=1S/C16H16O8/c1-16(2)23-14(19)10(15(20)24-16)6-9-4-5-11(12(7-9)21-3)22-8-13(17)18/h4-7H,8H2,1-3H3,(H,17,18). The molecular formula is C16H16O8. The number of methoxy groups -OCH3 is 1. The Morgan fingerprint density at radius 3 is 2.38 bits per heavy atom. The Bertz CT molecular complexity index is 695. The molecule has 1 saturated heterocycles. The third kappa shape index (κ3) is 4.03. The van der Waals surface area contributed by atoms with Crippen molar-refractivity contribution in [2.45, 2.75) is 19.6 Å². The van der Waals surface area contributed by atoms with Crippen LogP contribution in [0.4, 0.5) is 0 Å². The molecule has 1 aliphatic rings. The van der Waals surface area contributed by atoms with Gasteiger partial charge in [-0.15, -0.1) is 0 Å². The molecule has 1 aromatic rings. The lowest BCUT2D eigenvalue weighted by Crippen LogP contribution is -2.41. The summed E-state index contributed by atoms with van der Waals surface area (Å²) in [6.45, 7) is 2.39. The van der Waals surface area contributed by atoms with E-state index in [-0.39, 0.29) is 17.1 Å². The smallest absolute Gasteiger partial charge is 0.348 e. The van der Waals surface area contributed by atoms with Gasteiger partial charge in [-0.1, -0.05) is 6.07 Å². The van der Waals surface area contributed by atoms with E-state index in [9.17, 15) is 14.4 Å². The van der Waals surface area contributed by atoms with Crippen LogP contribution in [-0.4, -0.2) is 42.5 Å². The van der Waals surface area contributed by atoms with Crippen molar-refractivity contribution in [3.8, 4) is 11.5 Å². The van der Waals surface area contributed by atoms with Gasteiger partial charge in [0.1, 0.15) is 5.57 Å². The quantitative estimate of drug-likeness (QED) is 0.488. The van der Waals surface area contributed by atoms with Gasteiger partial charge in [-0.25, -0.2) is 14.4 Å². The van der Waals surface area contributed by atoms with E-state index in [1.807, 2.05) is 0 Å². The number of aliphatic carboxylic acids is 1. The lowest BCUT2D eigenvalue weighted by atomic mass is 10.1. The van der Waals surface area contributed by atoms with E-state index in [0.29, 0.717) is 5.56 Å². The molecule has 0 amide bonds. The molecular weight excluding hydrogens is 320 g/mol. The van der Waals surface area contributed by atoms with Gasteiger partial charge in [-0.2, -0.15) is 0 Å². The number of cyclic esters (lactones) is 2. The molecule has 0 unspecified atom stereocenters. The van der Waals surface area contributed by atoms with Gasteiger partial charge >= 0.3 is 17.9 Å². The average molecular weight is 336 g/mol. The Labute approximate surface area is 137 Å². The molecule has 2 rings (SSSR count). The minimum Gasteiger partial charge on any atom is -0.493 e. The van der Waals surface area contributed by atoms with Crippen LogP contribution in [0, 0.1) is 0 Å². The summed E-state index contributed by atoms with van der Waals surface area (Å²) in [6.07, 6.45) is 1.30. The largest absolute Gasteiger partial charge is 0.493 e. The first kappa shape index (κ1) is 17.3. The summed E-state index contributed by atoms with van der Waals surface area (Å²) in [7, 11) is 1.38. The number of carbonyl (C=O) groups is 3. The molecule has 1 aliphatic heterocycles. The molecule has 0 saturated carbocycles. The van der Waals surface area contributed by atoms with E-state index in [4.69, 9.17) is 24.1 Å². The molecule has 0 atom stereocenters. The third-order valence-electron chi connectivity index (χ3n) is 2.97. The van der Waals surface area contributed by atoms with Crippen LogP contribution in [0.25, 0.3) is 6.08 Å². The Balaban J connectivity index is 2.28. The molecule has 0 aliphatic carbocycles. The molecule has 0 spiro atoms. The van der Waals surface area contributed by atoms with Crippen molar-refractivity contribution in [3.63, 3.8) is 0 Å². The molecule has 24 heavy (non-hydrogen) atoms. The van der Waals surface area contributed by atoms with Crippen molar-refractivity contribution in [2.75, 3.05) is 13.7 Å². The summed E-state index contributed by atoms with van der Waals surface area (Å²) in [5, 5.41) is 8.63. The van der Waals surface area contributed by atoms with Crippen molar-refractivity contribution < 1.29 is 38.4 Å². The number of hydrogen-bond acceptors (Lipinski definition) is 7. The Morgan fingerprint density at radius 1 is 1.21 bits per heavy atom. The molecule has 0 bridgehead atoms. The summed E-state index contributed by atoms with van der Waals surface area (Å²) in [5.41, 5.74) is 0.203. The van der Waals surface area contributed by atoms with Crippen molar-refractivity contribution in [1.82, 2.24) is 0 Å². The minimum atomic E-state index is -1.31. The predicted octanol–water partition coefficient (Wildman–Crippen LogP) is 1.38. The highest BCUT2D eigenvalue weighted by Gasteiger charge is 2.38. The van der Waals surface area contributed by atoms with E-state index in [0.717, 1.165) is 0 Å².